The first-order valence-electron chi connectivity index (χ1n) is 5.83. The molecule has 0 fully saturated rings. The molecule has 100 valence electrons. The van der Waals surface area contributed by atoms with Crippen molar-refractivity contribution in [2.45, 2.75) is 0 Å². The van der Waals surface area contributed by atoms with Crippen molar-refractivity contribution in [1.82, 2.24) is 4.98 Å². The van der Waals surface area contributed by atoms with Crippen LogP contribution in [0.4, 0.5) is 0 Å². The van der Waals surface area contributed by atoms with E-state index >= 15 is 0 Å². The number of aromatic amines is 1. The van der Waals surface area contributed by atoms with Crippen LogP contribution in [0.15, 0.2) is 47.1 Å². The van der Waals surface area contributed by atoms with Gasteiger partial charge in [-0.15, -0.1) is 0 Å². The summed E-state index contributed by atoms with van der Waals surface area (Å²) in [6, 6.07) is 10.6. The molecule has 0 saturated carbocycles. The first-order valence-corrected chi connectivity index (χ1v) is 7.38. The smallest absolute Gasteiger partial charge is 0.196 e. The Hall–Kier alpha value is -1.29. The molecule has 0 aliphatic rings. The Labute approximate surface area is 133 Å². The van der Waals surface area contributed by atoms with Gasteiger partial charge in [0.25, 0.3) is 0 Å². The van der Waals surface area contributed by atoms with Crippen molar-refractivity contribution in [2.75, 3.05) is 0 Å². The summed E-state index contributed by atoms with van der Waals surface area (Å²) in [5.41, 5.74) is 1.88. The lowest BCUT2D eigenvalue weighted by Gasteiger charge is -2.04. The van der Waals surface area contributed by atoms with E-state index in [1.54, 1.807) is 30.5 Å². The zero-order valence-corrected chi connectivity index (χ0v) is 13.2. The average Bonchev–Trinajstić information content (AvgIpc) is 2.86. The van der Waals surface area contributed by atoms with Gasteiger partial charge in [0.1, 0.15) is 0 Å². The van der Waals surface area contributed by atoms with E-state index in [4.69, 9.17) is 23.2 Å². The zero-order chi connectivity index (χ0) is 14.3. The molecule has 0 saturated heterocycles. The molecule has 1 N–H and O–H groups in total. The van der Waals surface area contributed by atoms with Gasteiger partial charge in [-0.1, -0.05) is 45.2 Å². The third-order valence-electron chi connectivity index (χ3n) is 3.07. The monoisotopic (exact) mass is 367 g/mol. The molecule has 2 nitrogen and oxygen atoms in total. The fraction of sp³-hybridized carbons (Fsp3) is 0. The quantitative estimate of drug-likeness (QED) is 0.598. The van der Waals surface area contributed by atoms with Crippen molar-refractivity contribution in [3.8, 4) is 0 Å². The van der Waals surface area contributed by atoms with Gasteiger partial charge in [-0.3, -0.25) is 4.79 Å². The van der Waals surface area contributed by atoms with Crippen LogP contribution in [0, 0.1) is 0 Å². The van der Waals surface area contributed by atoms with Crippen LogP contribution in [-0.4, -0.2) is 10.8 Å². The Morgan fingerprint density at radius 2 is 1.90 bits per heavy atom. The molecule has 0 amide bonds. The third kappa shape index (κ3) is 2.26. The van der Waals surface area contributed by atoms with E-state index in [9.17, 15) is 4.79 Å². The highest BCUT2D eigenvalue weighted by Crippen LogP contribution is 2.30. The summed E-state index contributed by atoms with van der Waals surface area (Å²) in [6.07, 6.45) is 1.67. The summed E-state index contributed by atoms with van der Waals surface area (Å²) in [7, 11) is 0. The van der Waals surface area contributed by atoms with Gasteiger partial charge in [0.15, 0.2) is 5.78 Å². The van der Waals surface area contributed by atoms with Gasteiger partial charge in [0.05, 0.1) is 5.02 Å². The molecule has 0 spiro atoms. The minimum absolute atomic E-state index is 0.126. The van der Waals surface area contributed by atoms with Crippen LogP contribution in [-0.2, 0) is 0 Å². The van der Waals surface area contributed by atoms with E-state index in [0.29, 0.717) is 25.6 Å². The van der Waals surface area contributed by atoms with Crippen LogP contribution in [0.5, 0.6) is 0 Å². The van der Waals surface area contributed by atoms with E-state index in [1.807, 2.05) is 12.1 Å². The van der Waals surface area contributed by atoms with Crippen LogP contribution < -0.4 is 0 Å². The molecular weight excluding hydrogens is 361 g/mol. The third-order valence-corrected chi connectivity index (χ3v) is 4.31. The van der Waals surface area contributed by atoms with E-state index < -0.39 is 0 Å². The van der Waals surface area contributed by atoms with Crippen molar-refractivity contribution in [3.05, 3.63) is 68.2 Å². The van der Waals surface area contributed by atoms with Gasteiger partial charge in [-0.25, -0.2) is 0 Å². The molecule has 0 bridgehead atoms. The molecule has 2 aromatic carbocycles. The number of aromatic nitrogens is 1. The minimum atomic E-state index is -0.126. The standard InChI is InChI=1S/C15H8BrCl2NO/c16-11-5-4-8(17)6-9(11)15(20)10-7-19-13-3-1-2-12(18)14(10)13/h1-7,19H. The molecule has 5 heteroatoms. The Morgan fingerprint density at radius 3 is 2.70 bits per heavy atom. The summed E-state index contributed by atoms with van der Waals surface area (Å²) in [6.45, 7) is 0. The lowest BCUT2D eigenvalue weighted by molar-refractivity contribution is 0.103. The first-order chi connectivity index (χ1) is 9.58. The van der Waals surface area contributed by atoms with Crippen LogP contribution >= 0.6 is 39.1 Å². The second-order valence-corrected chi connectivity index (χ2v) is 6.02. The van der Waals surface area contributed by atoms with Gasteiger partial charge in [0, 0.05) is 37.7 Å². The van der Waals surface area contributed by atoms with Crippen molar-refractivity contribution in [2.24, 2.45) is 0 Å². The van der Waals surface area contributed by atoms with Gasteiger partial charge in [0.2, 0.25) is 0 Å². The number of fused-ring (bicyclic) bond motifs is 1. The maximum Gasteiger partial charge on any atom is 0.196 e. The minimum Gasteiger partial charge on any atom is -0.360 e. The zero-order valence-electron chi connectivity index (χ0n) is 10.1. The number of halogens is 3. The van der Waals surface area contributed by atoms with Gasteiger partial charge < -0.3 is 4.98 Å². The molecule has 1 aromatic heterocycles. The fourth-order valence-electron chi connectivity index (χ4n) is 2.14. The normalized spacial score (nSPS) is 10.9. The number of H-pyrrole nitrogens is 1. The number of hydrogen-bond donors (Lipinski definition) is 1. The molecule has 3 aromatic rings. The second-order valence-electron chi connectivity index (χ2n) is 4.32. The van der Waals surface area contributed by atoms with E-state index in [0.717, 1.165) is 10.9 Å². The largest absolute Gasteiger partial charge is 0.360 e. The Morgan fingerprint density at radius 1 is 1.10 bits per heavy atom. The van der Waals surface area contributed by atoms with Crippen LogP contribution in [0.25, 0.3) is 10.9 Å². The molecular formula is C15H8BrCl2NO. The Bertz CT molecular complexity index is 826. The molecule has 0 unspecified atom stereocenters. The molecule has 0 aliphatic carbocycles. The maximum atomic E-state index is 12.7. The highest BCUT2D eigenvalue weighted by molar-refractivity contribution is 9.10. The molecule has 0 radical (unpaired) electrons. The SMILES string of the molecule is O=C(c1cc(Cl)ccc1Br)c1c[nH]c2cccc(Cl)c12. The highest BCUT2D eigenvalue weighted by atomic mass is 79.9. The summed E-state index contributed by atoms with van der Waals surface area (Å²) in [5.74, 6) is -0.126. The number of rotatable bonds is 2. The molecule has 0 atom stereocenters. The van der Waals surface area contributed by atoms with E-state index in [1.165, 1.54) is 0 Å². The summed E-state index contributed by atoms with van der Waals surface area (Å²) in [5, 5.41) is 1.79. The number of benzene rings is 2. The predicted molar refractivity (Wildman–Crippen MR) is 85.9 cm³/mol. The van der Waals surface area contributed by atoms with Gasteiger partial charge in [-0.2, -0.15) is 0 Å². The molecule has 3 rings (SSSR count). The van der Waals surface area contributed by atoms with Crippen molar-refractivity contribution in [1.29, 1.82) is 0 Å². The Kier molecular flexibility index (Phi) is 3.59. The predicted octanol–water partition coefficient (Wildman–Crippen LogP) is 5.47. The van der Waals surface area contributed by atoms with Crippen molar-refractivity contribution in [3.63, 3.8) is 0 Å². The second kappa shape index (κ2) is 5.24. The van der Waals surface area contributed by atoms with Crippen LogP contribution in [0.1, 0.15) is 15.9 Å². The number of hydrogen-bond acceptors (Lipinski definition) is 1. The maximum absolute atomic E-state index is 12.7. The number of carbonyl (C=O) groups is 1. The first kappa shape index (κ1) is 13.7. The van der Waals surface area contributed by atoms with Crippen LogP contribution in [0.3, 0.4) is 0 Å². The number of carbonyl (C=O) groups excluding carboxylic acids is 1. The lowest BCUT2D eigenvalue weighted by Crippen LogP contribution is -2.01. The Balaban J connectivity index is 2.21. The topological polar surface area (TPSA) is 32.9 Å². The molecule has 20 heavy (non-hydrogen) atoms. The number of ketones is 1. The van der Waals surface area contributed by atoms with Gasteiger partial charge in [-0.05, 0) is 30.3 Å². The van der Waals surface area contributed by atoms with E-state index in [-0.39, 0.29) is 5.78 Å². The summed E-state index contributed by atoms with van der Waals surface area (Å²) >= 11 is 15.5. The summed E-state index contributed by atoms with van der Waals surface area (Å²) in [4.78, 5) is 15.7. The highest BCUT2D eigenvalue weighted by Gasteiger charge is 2.18. The number of nitrogens with one attached hydrogen (secondary N) is 1. The van der Waals surface area contributed by atoms with Crippen molar-refractivity contribution >= 4 is 55.8 Å². The van der Waals surface area contributed by atoms with Crippen molar-refractivity contribution < 1.29 is 4.79 Å². The lowest BCUT2D eigenvalue weighted by atomic mass is 10.0. The molecule has 0 aliphatic heterocycles. The molecule has 1 heterocycles. The van der Waals surface area contributed by atoms with E-state index in [2.05, 4.69) is 20.9 Å². The van der Waals surface area contributed by atoms with Crippen LogP contribution in [0.2, 0.25) is 10.0 Å². The fourth-order valence-corrected chi connectivity index (χ4v) is 3.01. The summed E-state index contributed by atoms with van der Waals surface area (Å²) < 4.78 is 0.702. The van der Waals surface area contributed by atoms with Gasteiger partial charge >= 0.3 is 0 Å². The average molecular weight is 369 g/mol.